The maximum Gasteiger partial charge on any atom is 0.171 e. The number of hydrogen-bond acceptors (Lipinski definition) is 2. The van der Waals surface area contributed by atoms with Crippen molar-refractivity contribution in [1.82, 2.24) is 5.32 Å². The predicted octanol–water partition coefficient (Wildman–Crippen LogP) is 2.82. The number of halogens is 1. The molecule has 6 heteroatoms. The van der Waals surface area contributed by atoms with E-state index >= 15 is 0 Å². The lowest BCUT2D eigenvalue weighted by molar-refractivity contribution is -0.936. The minimum Gasteiger partial charge on any atom is -0.463 e. The number of quaternary nitrogens is 1. The molecule has 1 aromatic heterocycles. The van der Waals surface area contributed by atoms with Crippen LogP contribution in [0.5, 0.6) is 0 Å². The van der Waals surface area contributed by atoms with Gasteiger partial charge in [0.05, 0.1) is 25.9 Å². The molecule has 1 aromatic carbocycles. The van der Waals surface area contributed by atoms with Crippen molar-refractivity contribution >= 4 is 23.0 Å². The van der Waals surface area contributed by atoms with Gasteiger partial charge in [-0.3, -0.25) is 0 Å². The Labute approximate surface area is 153 Å². The monoisotopic (exact) mass is 362 g/mol. The summed E-state index contributed by atoms with van der Waals surface area (Å²) >= 11 is 5.38. The van der Waals surface area contributed by atoms with Crippen molar-refractivity contribution in [2.45, 2.75) is 32.2 Å². The Kier molecular flexibility index (Phi) is 6.04. The molecule has 134 valence electrons. The number of hydrogen-bond donors (Lipinski definition) is 3. The third-order valence-electron chi connectivity index (χ3n) is 4.77. The molecule has 25 heavy (non-hydrogen) atoms. The molecule has 0 saturated carbocycles. The second kappa shape index (κ2) is 8.45. The van der Waals surface area contributed by atoms with Gasteiger partial charge in [0.15, 0.2) is 16.9 Å². The maximum atomic E-state index is 13.7. The highest BCUT2D eigenvalue weighted by atomic mass is 32.1. The van der Waals surface area contributed by atoms with E-state index in [1.807, 2.05) is 18.2 Å². The zero-order valence-corrected chi connectivity index (χ0v) is 15.3. The largest absolute Gasteiger partial charge is 0.463 e. The summed E-state index contributed by atoms with van der Waals surface area (Å²) in [5.74, 6) is 0.743. The summed E-state index contributed by atoms with van der Waals surface area (Å²) in [5, 5.41) is 6.82. The van der Waals surface area contributed by atoms with Crippen LogP contribution in [0.3, 0.4) is 0 Å². The molecule has 3 N–H and O–H groups in total. The summed E-state index contributed by atoms with van der Waals surface area (Å²) in [7, 11) is 0. The Hall–Kier alpha value is -1.92. The zero-order chi connectivity index (χ0) is 17.6. The van der Waals surface area contributed by atoms with Gasteiger partial charge in [0.2, 0.25) is 0 Å². The fraction of sp³-hybridized carbons (Fsp3) is 0.421. The van der Waals surface area contributed by atoms with Crippen molar-refractivity contribution in [3.8, 4) is 0 Å². The van der Waals surface area contributed by atoms with Gasteiger partial charge in [0.25, 0.3) is 0 Å². The van der Waals surface area contributed by atoms with Crippen molar-refractivity contribution in [3.05, 3.63) is 53.7 Å². The highest BCUT2D eigenvalue weighted by Gasteiger charge is 2.28. The van der Waals surface area contributed by atoms with Crippen molar-refractivity contribution in [2.75, 3.05) is 25.0 Å². The SMILES string of the molecule is Cc1ccc(NC(=S)NC[C@H](c2ccco2)[NH+]2CCCCC2)cc1F. The molecule has 2 aromatic rings. The van der Waals surface area contributed by atoms with Gasteiger partial charge in [-0.05, 0) is 68.2 Å². The third kappa shape index (κ3) is 4.80. The van der Waals surface area contributed by atoms with E-state index in [0.29, 0.717) is 22.9 Å². The van der Waals surface area contributed by atoms with E-state index in [1.165, 1.54) is 30.2 Å². The van der Waals surface area contributed by atoms with Crippen LogP contribution in [0.1, 0.15) is 36.6 Å². The Balaban J connectivity index is 1.60. The van der Waals surface area contributed by atoms with Crippen LogP contribution in [-0.4, -0.2) is 24.7 Å². The van der Waals surface area contributed by atoms with Crippen molar-refractivity contribution in [1.29, 1.82) is 0 Å². The van der Waals surface area contributed by atoms with Crippen LogP contribution in [0.15, 0.2) is 41.0 Å². The number of benzene rings is 1. The molecule has 4 nitrogen and oxygen atoms in total. The molecule has 2 heterocycles. The summed E-state index contributed by atoms with van der Waals surface area (Å²) in [5.41, 5.74) is 1.27. The summed E-state index contributed by atoms with van der Waals surface area (Å²) in [6.07, 6.45) is 5.52. The number of thiocarbonyl (C=S) groups is 1. The number of anilines is 1. The highest BCUT2D eigenvalue weighted by Crippen LogP contribution is 2.14. The Bertz CT molecular complexity index is 699. The lowest BCUT2D eigenvalue weighted by Gasteiger charge is -2.30. The fourth-order valence-electron chi connectivity index (χ4n) is 3.33. The van der Waals surface area contributed by atoms with E-state index in [0.717, 1.165) is 18.8 Å². The van der Waals surface area contributed by atoms with Crippen LogP contribution in [0.25, 0.3) is 0 Å². The van der Waals surface area contributed by atoms with Crippen molar-refractivity contribution < 1.29 is 13.7 Å². The Morgan fingerprint density at radius 2 is 2.08 bits per heavy atom. The third-order valence-corrected chi connectivity index (χ3v) is 5.02. The molecular formula is C19H25FN3OS+. The molecule has 1 aliphatic heterocycles. The normalized spacial score (nSPS) is 16.4. The number of nitrogens with one attached hydrogen (secondary N) is 3. The first kappa shape index (κ1) is 17.9. The summed E-state index contributed by atoms with van der Waals surface area (Å²) in [6.45, 7) is 4.72. The predicted molar refractivity (Wildman–Crippen MR) is 101 cm³/mol. The quantitative estimate of drug-likeness (QED) is 0.716. The molecule has 0 aliphatic carbocycles. The van der Waals surface area contributed by atoms with Gasteiger partial charge in [-0.2, -0.15) is 0 Å². The standard InChI is InChI=1S/C19H24FN3OS/c1-14-7-8-15(12-16(14)20)22-19(25)21-13-17(18-6-5-11-24-18)23-9-3-2-4-10-23/h5-8,11-12,17H,2-4,9-10,13H2,1H3,(H2,21,22,25)/p+1/t17-/m1/s1. The van der Waals surface area contributed by atoms with E-state index < -0.39 is 0 Å². The summed E-state index contributed by atoms with van der Waals surface area (Å²) < 4.78 is 19.3. The first-order valence-corrected chi connectivity index (χ1v) is 9.23. The Morgan fingerprint density at radius 3 is 2.76 bits per heavy atom. The molecular weight excluding hydrogens is 337 g/mol. The highest BCUT2D eigenvalue weighted by molar-refractivity contribution is 7.80. The molecule has 0 spiro atoms. The smallest absolute Gasteiger partial charge is 0.171 e. The van der Waals surface area contributed by atoms with Crippen LogP contribution >= 0.6 is 12.2 Å². The average molecular weight is 362 g/mol. The van der Waals surface area contributed by atoms with Gasteiger partial charge in [-0.25, -0.2) is 4.39 Å². The molecule has 3 rings (SSSR count). The van der Waals surface area contributed by atoms with Gasteiger partial charge >= 0.3 is 0 Å². The molecule has 1 aliphatic rings. The minimum absolute atomic E-state index is 0.227. The van der Waals surface area contributed by atoms with Gasteiger partial charge < -0.3 is 20.0 Å². The van der Waals surface area contributed by atoms with E-state index in [-0.39, 0.29) is 11.9 Å². The lowest BCUT2D eigenvalue weighted by atomic mass is 10.1. The maximum absolute atomic E-state index is 13.7. The van der Waals surface area contributed by atoms with Crippen LogP contribution in [0.4, 0.5) is 10.1 Å². The van der Waals surface area contributed by atoms with Crippen LogP contribution in [-0.2, 0) is 0 Å². The zero-order valence-electron chi connectivity index (χ0n) is 14.5. The molecule has 0 amide bonds. The van der Waals surface area contributed by atoms with E-state index in [4.69, 9.17) is 16.6 Å². The summed E-state index contributed by atoms with van der Waals surface area (Å²) in [6, 6.07) is 9.21. The molecule has 1 saturated heterocycles. The topological polar surface area (TPSA) is 41.6 Å². The molecule has 0 unspecified atom stereocenters. The van der Waals surface area contributed by atoms with E-state index in [2.05, 4.69) is 10.6 Å². The molecule has 1 atom stereocenters. The van der Waals surface area contributed by atoms with Gasteiger partial charge in [0, 0.05) is 5.69 Å². The first-order chi connectivity index (χ1) is 12.1. The number of furan rings is 1. The van der Waals surface area contributed by atoms with Crippen molar-refractivity contribution in [3.63, 3.8) is 0 Å². The second-order valence-corrected chi connectivity index (χ2v) is 6.99. The van der Waals surface area contributed by atoms with Crippen LogP contribution in [0, 0.1) is 12.7 Å². The second-order valence-electron chi connectivity index (χ2n) is 6.59. The minimum atomic E-state index is -0.237. The van der Waals surface area contributed by atoms with Gasteiger partial charge in [-0.1, -0.05) is 6.07 Å². The first-order valence-electron chi connectivity index (χ1n) is 8.82. The fourth-order valence-corrected chi connectivity index (χ4v) is 3.53. The molecule has 1 fully saturated rings. The number of aryl methyl sites for hydroxylation is 1. The van der Waals surface area contributed by atoms with E-state index in [1.54, 1.807) is 19.3 Å². The van der Waals surface area contributed by atoms with Gasteiger partial charge in [-0.15, -0.1) is 0 Å². The number of likely N-dealkylation sites (tertiary alicyclic amines) is 1. The van der Waals surface area contributed by atoms with Crippen LogP contribution < -0.4 is 15.5 Å². The van der Waals surface area contributed by atoms with Gasteiger partial charge in [0.1, 0.15) is 5.82 Å². The average Bonchev–Trinajstić information content (AvgIpc) is 3.14. The number of piperidine rings is 1. The Morgan fingerprint density at radius 1 is 1.28 bits per heavy atom. The van der Waals surface area contributed by atoms with Crippen LogP contribution in [0.2, 0.25) is 0 Å². The van der Waals surface area contributed by atoms with E-state index in [9.17, 15) is 4.39 Å². The lowest BCUT2D eigenvalue weighted by Crippen LogP contribution is -3.13. The molecule has 0 radical (unpaired) electrons. The van der Waals surface area contributed by atoms with Crippen molar-refractivity contribution in [2.24, 2.45) is 0 Å². The molecule has 0 bridgehead atoms. The number of rotatable bonds is 5. The summed E-state index contributed by atoms with van der Waals surface area (Å²) in [4.78, 5) is 1.53.